The summed E-state index contributed by atoms with van der Waals surface area (Å²) in [5.41, 5.74) is 4.31. The number of aromatic nitrogens is 1. The van der Waals surface area contributed by atoms with Gasteiger partial charge in [0.2, 0.25) is 0 Å². The van der Waals surface area contributed by atoms with Crippen molar-refractivity contribution in [2.45, 2.75) is 18.7 Å². The SMILES string of the molecule is Cc1ccc(NS(=O)(=O)c2cccc(C(=O)Nc3nc(-c4ccccc4)cs3)c2)c(C)c1. The summed E-state index contributed by atoms with van der Waals surface area (Å²) in [6.45, 7) is 3.78. The molecule has 0 spiro atoms. The van der Waals surface area contributed by atoms with Crippen LogP contribution in [0.4, 0.5) is 10.8 Å². The van der Waals surface area contributed by atoms with Gasteiger partial charge in [-0.3, -0.25) is 14.8 Å². The van der Waals surface area contributed by atoms with Crippen LogP contribution < -0.4 is 10.0 Å². The molecule has 0 saturated carbocycles. The van der Waals surface area contributed by atoms with E-state index in [0.717, 1.165) is 22.4 Å². The smallest absolute Gasteiger partial charge is 0.261 e. The quantitative estimate of drug-likeness (QED) is 0.396. The lowest BCUT2D eigenvalue weighted by Crippen LogP contribution is -2.16. The number of carbonyl (C=O) groups is 1. The van der Waals surface area contributed by atoms with Crippen LogP contribution in [0.1, 0.15) is 21.5 Å². The third-order valence-corrected chi connectivity index (χ3v) is 6.95. The molecule has 0 fully saturated rings. The molecule has 1 amide bonds. The molecule has 0 aliphatic rings. The Kier molecular flexibility index (Phi) is 6.07. The highest BCUT2D eigenvalue weighted by molar-refractivity contribution is 7.92. The molecule has 0 aliphatic carbocycles. The molecule has 8 heteroatoms. The summed E-state index contributed by atoms with van der Waals surface area (Å²) < 4.78 is 28.4. The van der Waals surface area contributed by atoms with E-state index in [1.165, 1.54) is 23.5 Å². The molecule has 0 radical (unpaired) electrons. The lowest BCUT2D eigenvalue weighted by molar-refractivity contribution is 0.102. The summed E-state index contributed by atoms with van der Waals surface area (Å²) in [5, 5.41) is 5.05. The number of benzene rings is 3. The largest absolute Gasteiger partial charge is 0.298 e. The third kappa shape index (κ3) is 4.87. The molecule has 32 heavy (non-hydrogen) atoms. The van der Waals surface area contributed by atoms with Gasteiger partial charge in [0.1, 0.15) is 0 Å². The second-order valence-electron chi connectivity index (χ2n) is 7.31. The monoisotopic (exact) mass is 463 g/mol. The fourth-order valence-electron chi connectivity index (χ4n) is 3.18. The van der Waals surface area contributed by atoms with Gasteiger partial charge in [0.25, 0.3) is 15.9 Å². The first kappa shape index (κ1) is 21.7. The second-order valence-corrected chi connectivity index (χ2v) is 9.85. The minimum atomic E-state index is -3.85. The van der Waals surface area contributed by atoms with Gasteiger partial charge in [0.05, 0.1) is 16.3 Å². The molecule has 6 nitrogen and oxygen atoms in total. The Hall–Kier alpha value is -3.49. The number of hydrogen-bond donors (Lipinski definition) is 2. The number of hydrogen-bond acceptors (Lipinski definition) is 5. The number of carbonyl (C=O) groups excluding carboxylic acids is 1. The van der Waals surface area contributed by atoms with Crippen molar-refractivity contribution in [3.8, 4) is 11.3 Å². The van der Waals surface area contributed by atoms with Crippen LogP contribution >= 0.6 is 11.3 Å². The molecule has 2 N–H and O–H groups in total. The zero-order valence-corrected chi connectivity index (χ0v) is 19.1. The molecule has 0 saturated heterocycles. The van der Waals surface area contributed by atoms with Gasteiger partial charge in [0.15, 0.2) is 5.13 Å². The van der Waals surface area contributed by atoms with Crippen LogP contribution in [0.2, 0.25) is 0 Å². The number of nitrogens with zero attached hydrogens (tertiary/aromatic N) is 1. The molecule has 4 rings (SSSR count). The molecular formula is C24H21N3O3S2. The van der Waals surface area contributed by atoms with Gasteiger partial charge < -0.3 is 0 Å². The fraction of sp³-hybridized carbons (Fsp3) is 0.0833. The van der Waals surface area contributed by atoms with Gasteiger partial charge in [-0.05, 0) is 43.7 Å². The summed E-state index contributed by atoms with van der Waals surface area (Å²) >= 11 is 1.31. The van der Waals surface area contributed by atoms with Gasteiger partial charge >= 0.3 is 0 Å². The lowest BCUT2D eigenvalue weighted by Gasteiger charge is -2.12. The van der Waals surface area contributed by atoms with E-state index in [9.17, 15) is 13.2 Å². The van der Waals surface area contributed by atoms with Gasteiger partial charge in [-0.15, -0.1) is 11.3 Å². The maximum Gasteiger partial charge on any atom is 0.261 e. The zero-order valence-electron chi connectivity index (χ0n) is 17.5. The van der Waals surface area contributed by atoms with Crippen molar-refractivity contribution >= 4 is 38.1 Å². The number of amides is 1. The van der Waals surface area contributed by atoms with Crippen molar-refractivity contribution < 1.29 is 13.2 Å². The van der Waals surface area contributed by atoms with Gasteiger partial charge in [-0.2, -0.15) is 0 Å². The lowest BCUT2D eigenvalue weighted by atomic mass is 10.1. The van der Waals surface area contributed by atoms with Crippen molar-refractivity contribution in [1.82, 2.24) is 4.98 Å². The minimum Gasteiger partial charge on any atom is -0.298 e. The molecule has 0 atom stereocenters. The number of nitrogens with one attached hydrogen (secondary N) is 2. The molecule has 1 heterocycles. The molecule has 3 aromatic carbocycles. The Morgan fingerprint density at radius 1 is 0.938 bits per heavy atom. The normalized spacial score (nSPS) is 11.2. The number of anilines is 2. The van der Waals surface area contributed by atoms with Crippen LogP contribution in [-0.2, 0) is 10.0 Å². The molecule has 0 aliphatic heterocycles. The first-order chi connectivity index (χ1) is 15.3. The third-order valence-electron chi connectivity index (χ3n) is 4.83. The van der Waals surface area contributed by atoms with E-state index < -0.39 is 15.9 Å². The molecular weight excluding hydrogens is 442 g/mol. The van der Waals surface area contributed by atoms with E-state index in [1.807, 2.05) is 61.7 Å². The van der Waals surface area contributed by atoms with Crippen molar-refractivity contribution in [2.24, 2.45) is 0 Å². The standard InChI is InChI=1S/C24H21N3O3S2/c1-16-11-12-21(17(2)13-16)27-32(29,30)20-10-6-9-19(14-20)23(28)26-24-25-22(15-31-24)18-7-4-3-5-8-18/h3-15,27H,1-2H3,(H,25,26,28). The van der Waals surface area contributed by atoms with E-state index in [2.05, 4.69) is 15.0 Å². The van der Waals surface area contributed by atoms with Crippen LogP contribution in [0.3, 0.4) is 0 Å². The van der Waals surface area contributed by atoms with E-state index in [1.54, 1.807) is 18.2 Å². The highest BCUT2D eigenvalue weighted by Crippen LogP contribution is 2.25. The minimum absolute atomic E-state index is 0.00855. The maximum atomic E-state index is 12.9. The maximum absolute atomic E-state index is 12.9. The molecule has 0 bridgehead atoms. The molecule has 162 valence electrons. The fourth-order valence-corrected chi connectivity index (χ4v) is 5.07. The van der Waals surface area contributed by atoms with Crippen LogP contribution in [0.5, 0.6) is 0 Å². The van der Waals surface area contributed by atoms with Crippen LogP contribution in [-0.4, -0.2) is 19.3 Å². The van der Waals surface area contributed by atoms with Gasteiger partial charge in [-0.1, -0.05) is 54.1 Å². The average molecular weight is 464 g/mol. The van der Waals surface area contributed by atoms with E-state index in [4.69, 9.17) is 0 Å². The van der Waals surface area contributed by atoms with Crippen LogP contribution in [0.25, 0.3) is 11.3 Å². The number of thiazole rings is 1. The zero-order chi connectivity index (χ0) is 22.7. The summed E-state index contributed by atoms with van der Waals surface area (Å²) in [6, 6.07) is 21.0. The predicted octanol–water partition coefficient (Wildman–Crippen LogP) is 5.48. The van der Waals surface area contributed by atoms with Crippen LogP contribution in [0.15, 0.2) is 83.1 Å². The Morgan fingerprint density at radius 3 is 2.47 bits per heavy atom. The van der Waals surface area contributed by atoms with Crippen LogP contribution in [0, 0.1) is 13.8 Å². The average Bonchev–Trinajstić information content (AvgIpc) is 3.25. The van der Waals surface area contributed by atoms with E-state index in [-0.39, 0.29) is 10.5 Å². The Labute approximate surface area is 191 Å². The summed E-state index contributed by atoms with van der Waals surface area (Å²) in [6.07, 6.45) is 0. The molecule has 4 aromatic rings. The van der Waals surface area contributed by atoms with Gasteiger partial charge in [-0.25, -0.2) is 13.4 Å². The number of aryl methyl sites for hydroxylation is 2. The second kappa shape index (κ2) is 8.94. The molecule has 0 unspecified atom stereocenters. The Balaban J connectivity index is 1.52. The van der Waals surface area contributed by atoms with Crippen molar-refractivity contribution in [2.75, 3.05) is 10.0 Å². The van der Waals surface area contributed by atoms with Crippen molar-refractivity contribution in [1.29, 1.82) is 0 Å². The Morgan fingerprint density at radius 2 is 1.72 bits per heavy atom. The summed E-state index contributed by atoms with van der Waals surface area (Å²) in [7, 11) is -3.85. The van der Waals surface area contributed by atoms with Crippen molar-refractivity contribution in [3.63, 3.8) is 0 Å². The summed E-state index contributed by atoms with van der Waals surface area (Å²) in [4.78, 5) is 17.2. The highest BCUT2D eigenvalue weighted by atomic mass is 32.2. The Bertz CT molecular complexity index is 1380. The summed E-state index contributed by atoms with van der Waals surface area (Å²) in [5.74, 6) is -0.428. The molecule has 1 aromatic heterocycles. The topological polar surface area (TPSA) is 88.2 Å². The van der Waals surface area contributed by atoms with E-state index in [0.29, 0.717) is 10.8 Å². The predicted molar refractivity (Wildman–Crippen MR) is 129 cm³/mol. The highest BCUT2D eigenvalue weighted by Gasteiger charge is 2.18. The number of sulfonamides is 1. The first-order valence-corrected chi connectivity index (χ1v) is 12.2. The van der Waals surface area contributed by atoms with Crippen molar-refractivity contribution in [3.05, 3.63) is 94.9 Å². The first-order valence-electron chi connectivity index (χ1n) is 9.84. The van der Waals surface area contributed by atoms with E-state index >= 15 is 0 Å². The number of rotatable bonds is 6. The van der Waals surface area contributed by atoms with Gasteiger partial charge in [0, 0.05) is 16.5 Å².